The SMILES string of the molecule is CC(C)C(NC(=O)C(NC(=O)C(N)CCC(=O)O)C(C)O)C(=O)N1CCCC1C(=O)O. The van der Waals surface area contributed by atoms with E-state index in [0.29, 0.717) is 12.8 Å². The van der Waals surface area contributed by atoms with Gasteiger partial charge in [0.05, 0.1) is 12.1 Å². The molecular weight excluding hydrogens is 412 g/mol. The van der Waals surface area contributed by atoms with Crippen LogP contribution in [0.5, 0.6) is 0 Å². The summed E-state index contributed by atoms with van der Waals surface area (Å²) >= 11 is 0. The third-order valence-electron chi connectivity index (χ3n) is 5.12. The van der Waals surface area contributed by atoms with Crippen LogP contribution in [0, 0.1) is 5.92 Å². The highest BCUT2D eigenvalue weighted by molar-refractivity contribution is 5.94. The van der Waals surface area contributed by atoms with Crippen molar-refractivity contribution in [1.29, 1.82) is 0 Å². The summed E-state index contributed by atoms with van der Waals surface area (Å²) in [7, 11) is 0. The third kappa shape index (κ3) is 7.47. The van der Waals surface area contributed by atoms with Crippen LogP contribution < -0.4 is 16.4 Å². The molecule has 1 fully saturated rings. The van der Waals surface area contributed by atoms with Gasteiger partial charge in [0.25, 0.3) is 0 Å². The minimum atomic E-state index is -1.44. The number of hydrogen-bond acceptors (Lipinski definition) is 7. The number of carboxylic acid groups (broad SMARTS) is 2. The molecule has 0 aromatic carbocycles. The fourth-order valence-electron chi connectivity index (χ4n) is 3.30. The highest BCUT2D eigenvalue weighted by Gasteiger charge is 2.39. The molecule has 0 spiro atoms. The van der Waals surface area contributed by atoms with Crippen molar-refractivity contribution in [2.24, 2.45) is 11.7 Å². The van der Waals surface area contributed by atoms with Crippen molar-refractivity contribution in [1.82, 2.24) is 15.5 Å². The molecule has 1 heterocycles. The van der Waals surface area contributed by atoms with Crippen LogP contribution in [-0.4, -0.2) is 86.7 Å². The Bertz CT molecular complexity index is 696. The molecule has 5 unspecified atom stereocenters. The van der Waals surface area contributed by atoms with E-state index in [1.54, 1.807) is 13.8 Å². The summed E-state index contributed by atoms with van der Waals surface area (Å²) in [5.74, 6) is -4.86. The van der Waals surface area contributed by atoms with Gasteiger partial charge in [0, 0.05) is 13.0 Å². The first-order valence-corrected chi connectivity index (χ1v) is 10.2. The second-order valence-electron chi connectivity index (χ2n) is 8.02. The molecule has 1 aliphatic rings. The normalized spacial score (nSPS) is 19.9. The maximum Gasteiger partial charge on any atom is 0.326 e. The van der Waals surface area contributed by atoms with Crippen molar-refractivity contribution in [3.63, 3.8) is 0 Å². The van der Waals surface area contributed by atoms with Crippen molar-refractivity contribution < 1.29 is 39.3 Å². The van der Waals surface area contributed by atoms with Gasteiger partial charge in [-0.15, -0.1) is 0 Å². The maximum atomic E-state index is 12.9. The summed E-state index contributed by atoms with van der Waals surface area (Å²) in [5.41, 5.74) is 5.63. The van der Waals surface area contributed by atoms with E-state index in [2.05, 4.69) is 10.6 Å². The quantitative estimate of drug-likeness (QED) is 0.214. The first-order chi connectivity index (χ1) is 14.4. The van der Waals surface area contributed by atoms with Gasteiger partial charge in [-0.1, -0.05) is 13.8 Å². The van der Waals surface area contributed by atoms with Crippen molar-refractivity contribution in [2.45, 2.75) is 76.7 Å². The largest absolute Gasteiger partial charge is 0.481 e. The zero-order chi connectivity index (χ0) is 23.9. The minimum Gasteiger partial charge on any atom is -0.481 e. The van der Waals surface area contributed by atoms with Gasteiger partial charge in [-0.2, -0.15) is 0 Å². The van der Waals surface area contributed by atoms with E-state index in [4.69, 9.17) is 10.8 Å². The number of aliphatic carboxylic acids is 2. The van der Waals surface area contributed by atoms with E-state index < -0.39 is 65.8 Å². The van der Waals surface area contributed by atoms with Crippen LogP contribution in [0.1, 0.15) is 46.5 Å². The molecule has 1 aliphatic heterocycles. The van der Waals surface area contributed by atoms with Crippen LogP contribution in [0.3, 0.4) is 0 Å². The molecule has 12 nitrogen and oxygen atoms in total. The highest BCUT2D eigenvalue weighted by atomic mass is 16.4. The van der Waals surface area contributed by atoms with Crippen molar-refractivity contribution >= 4 is 29.7 Å². The topological polar surface area (TPSA) is 199 Å². The van der Waals surface area contributed by atoms with Gasteiger partial charge in [0.1, 0.15) is 18.1 Å². The Hall–Kier alpha value is -2.73. The number of amides is 3. The molecule has 3 amide bonds. The summed E-state index contributed by atoms with van der Waals surface area (Å²) in [6.45, 7) is 4.86. The predicted octanol–water partition coefficient (Wildman–Crippen LogP) is -1.74. The Labute approximate surface area is 180 Å². The van der Waals surface area contributed by atoms with E-state index >= 15 is 0 Å². The van der Waals surface area contributed by atoms with Gasteiger partial charge in [-0.05, 0) is 32.1 Å². The number of carbonyl (C=O) groups excluding carboxylic acids is 3. The lowest BCUT2D eigenvalue weighted by Crippen LogP contribution is -2.60. The van der Waals surface area contributed by atoms with Crippen LogP contribution in [0.4, 0.5) is 0 Å². The van der Waals surface area contributed by atoms with E-state index in [1.807, 2.05) is 0 Å². The van der Waals surface area contributed by atoms with Crippen molar-refractivity contribution in [3.8, 4) is 0 Å². The number of nitrogens with two attached hydrogens (primary N) is 1. The van der Waals surface area contributed by atoms with Gasteiger partial charge < -0.3 is 36.6 Å². The summed E-state index contributed by atoms with van der Waals surface area (Å²) in [6, 6.07) is -4.67. The standard InChI is InChI=1S/C19H32N4O8/c1-9(2)14(18(29)23-8-4-5-12(23)19(30)31)21-17(28)15(10(3)24)22-16(27)11(20)6-7-13(25)26/h9-12,14-15,24H,4-8,20H2,1-3H3,(H,21,28)(H,22,27)(H,25,26)(H,30,31). The molecule has 0 aromatic heterocycles. The monoisotopic (exact) mass is 444 g/mol. The summed E-state index contributed by atoms with van der Waals surface area (Å²) in [4.78, 5) is 61.1. The molecule has 5 atom stereocenters. The van der Waals surface area contributed by atoms with Crippen molar-refractivity contribution in [3.05, 3.63) is 0 Å². The molecule has 31 heavy (non-hydrogen) atoms. The Morgan fingerprint density at radius 3 is 2.10 bits per heavy atom. The number of carboxylic acids is 2. The second-order valence-corrected chi connectivity index (χ2v) is 8.02. The van der Waals surface area contributed by atoms with Crippen LogP contribution >= 0.6 is 0 Å². The highest BCUT2D eigenvalue weighted by Crippen LogP contribution is 2.20. The lowest BCUT2D eigenvalue weighted by Gasteiger charge is -2.31. The molecular formula is C19H32N4O8. The maximum absolute atomic E-state index is 12.9. The van der Waals surface area contributed by atoms with E-state index in [-0.39, 0.29) is 19.4 Å². The third-order valence-corrected chi connectivity index (χ3v) is 5.12. The zero-order valence-electron chi connectivity index (χ0n) is 17.9. The lowest BCUT2D eigenvalue weighted by atomic mass is 10.0. The molecule has 0 bridgehead atoms. The summed E-state index contributed by atoms with van der Waals surface area (Å²) < 4.78 is 0. The lowest BCUT2D eigenvalue weighted by molar-refractivity contribution is -0.150. The van der Waals surface area contributed by atoms with Crippen molar-refractivity contribution in [2.75, 3.05) is 6.54 Å². The fraction of sp³-hybridized carbons (Fsp3) is 0.737. The van der Waals surface area contributed by atoms with Crippen LogP contribution in [0.15, 0.2) is 0 Å². The zero-order valence-corrected chi connectivity index (χ0v) is 17.9. The predicted molar refractivity (Wildman–Crippen MR) is 108 cm³/mol. The van der Waals surface area contributed by atoms with E-state index in [0.717, 1.165) is 0 Å². The smallest absolute Gasteiger partial charge is 0.326 e. The number of carbonyl (C=O) groups is 5. The molecule has 1 rings (SSSR count). The Morgan fingerprint density at radius 2 is 1.61 bits per heavy atom. The van der Waals surface area contributed by atoms with Gasteiger partial charge >= 0.3 is 11.9 Å². The molecule has 0 radical (unpaired) electrons. The van der Waals surface area contributed by atoms with Crippen LogP contribution in [-0.2, 0) is 24.0 Å². The molecule has 176 valence electrons. The van der Waals surface area contributed by atoms with E-state index in [9.17, 15) is 34.2 Å². The molecule has 0 saturated carbocycles. The first kappa shape index (κ1) is 26.3. The van der Waals surface area contributed by atoms with Gasteiger partial charge in [0.2, 0.25) is 17.7 Å². The van der Waals surface area contributed by atoms with Gasteiger partial charge in [-0.3, -0.25) is 19.2 Å². The number of rotatable bonds is 11. The molecule has 0 aromatic rings. The summed E-state index contributed by atoms with van der Waals surface area (Å²) in [5, 5.41) is 32.7. The number of nitrogens with zero attached hydrogens (tertiary/aromatic N) is 1. The molecule has 1 saturated heterocycles. The number of aliphatic hydroxyl groups excluding tert-OH is 1. The molecule has 7 N–H and O–H groups in total. The molecule has 0 aliphatic carbocycles. The van der Waals surface area contributed by atoms with Crippen LogP contribution in [0.25, 0.3) is 0 Å². The Balaban J connectivity index is 2.89. The van der Waals surface area contributed by atoms with E-state index in [1.165, 1.54) is 11.8 Å². The molecule has 12 heteroatoms. The summed E-state index contributed by atoms with van der Waals surface area (Å²) in [6.07, 6.45) is -0.988. The number of likely N-dealkylation sites (tertiary alicyclic amines) is 1. The number of aliphatic hydroxyl groups is 1. The average molecular weight is 444 g/mol. The second kappa shape index (κ2) is 11.6. The number of hydrogen-bond donors (Lipinski definition) is 6. The Kier molecular flexibility index (Phi) is 9.85. The number of nitrogens with one attached hydrogen (secondary N) is 2. The average Bonchev–Trinajstić information content (AvgIpc) is 3.17. The first-order valence-electron chi connectivity index (χ1n) is 10.2. The fourth-order valence-corrected chi connectivity index (χ4v) is 3.30. The van der Waals surface area contributed by atoms with Crippen LogP contribution in [0.2, 0.25) is 0 Å². The minimum absolute atomic E-state index is 0.159. The van der Waals surface area contributed by atoms with Gasteiger partial charge in [-0.25, -0.2) is 4.79 Å². The van der Waals surface area contributed by atoms with Gasteiger partial charge in [0.15, 0.2) is 0 Å². The Morgan fingerprint density at radius 1 is 1.03 bits per heavy atom.